The Labute approximate surface area is 88.5 Å². The first kappa shape index (κ1) is 10.0. The second-order valence-corrected chi connectivity index (χ2v) is 4.30. The van der Waals surface area contributed by atoms with Crippen LogP contribution in [0.2, 0.25) is 0 Å². The number of alkyl halides is 1. The molecule has 0 aliphatic rings. The topological polar surface area (TPSA) is 0 Å². The maximum Gasteiger partial charge on any atom is 0.00667 e. The van der Waals surface area contributed by atoms with Crippen LogP contribution in [0.1, 0.15) is 25.3 Å². The van der Waals surface area contributed by atoms with Crippen molar-refractivity contribution in [1.29, 1.82) is 0 Å². The molecule has 1 atom stereocenters. The van der Waals surface area contributed by atoms with Gasteiger partial charge in [-0.2, -0.15) is 0 Å². The molecule has 0 N–H and O–H groups in total. The average Bonchev–Trinajstić information content (AvgIpc) is 2.07. The maximum atomic E-state index is 2.47. The van der Waals surface area contributed by atoms with Crippen LogP contribution in [0.5, 0.6) is 0 Å². The van der Waals surface area contributed by atoms with Crippen LogP contribution in [-0.2, 0) is 0 Å². The Kier molecular flexibility index (Phi) is 4.06. The molecule has 0 aliphatic carbocycles. The van der Waals surface area contributed by atoms with E-state index in [4.69, 9.17) is 0 Å². The first-order valence-electron chi connectivity index (χ1n) is 4.36. The molecule has 0 amide bonds. The third-order valence-corrected chi connectivity index (χ3v) is 3.15. The van der Waals surface area contributed by atoms with Crippen molar-refractivity contribution in [3.05, 3.63) is 35.9 Å². The van der Waals surface area contributed by atoms with Gasteiger partial charge in [0.1, 0.15) is 0 Å². The molecular formula is C11H15I. The highest BCUT2D eigenvalue weighted by Crippen LogP contribution is 2.25. The van der Waals surface area contributed by atoms with Gasteiger partial charge in [-0.1, -0.05) is 66.8 Å². The van der Waals surface area contributed by atoms with Gasteiger partial charge >= 0.3 is 0 Å². The molecule has 0 heterocycles. The summed E-state index contributed by atoms with van der Waals surface area (Å²) in [6, 6.07) is 10.8. The second kappa shape index (κ2) is 4.85. The summed E-state index contributed by atoms with van der Waals surface area (Å²) in [7, 11) is 0. The Balaban J connectivity index is 2.80. The Morgan fingerprint density at radius 3 is 2.17 bits per heavy atom. The van der Waals surface area contributed by atoms with Crippen molar-refractivity contribution in [2.24, 2.45) is 5.92 Å². The van der Waals surface area contributed by atoms with Crippen LogP contribution < -0.4 is 0 Å². The lowest BCUT2D eigenvalue weighted by atomic mass is 9.90. The van der Waals surface area contributed by atoms with E-state index in [9.17, 15) is 0 Å². The lowest BCUT2D eigenvalue weighted by molar-refractivity contribution is 0.547. The zero-order valence-electron chi connectivity index (χ0n) is 7.63. The van der Waals surface area contributed by atoms with Crippen molar-refractivity contribution in [2.75, 3.05) is 4.43 Å². The number of hydrogen-bond donors (Lipinski definition) is 0. The zero-order valence-corrected chi connectivity index (χ0v) is 9.78. The van der Waals surface area contributed by atoms with Gasteiger partial charge in [-0.3, -0.25) is 0 Å². The van der Waals surface area contributed by atoms with Gasteiger partial charge in [0.25, 0.3) is 0 Å². The predicted molar refractivity (Wildman–Crippen MR) is 62.9 cm³/mol. The first-order valence-corrected chi connectivity index (χ1v) is 5.89. The number of halogens is 1. The largest absolute Gasteiger partial charge is 0.0857 e. The molecule has 0 spiro atoms. The molecule has 1 heteroatoms. The van der Waals surface area contributed by atoms with Crippen LogP contribution >= 0.6 is 22.6 Å². The molecule has 1 aromatic rings. The Morgan fingerprint density at radius 1 is 1.17 bits per heavy atom. The van der Waals surface area contributed by atoms with Gasteiger partial charge in [-0.25, -0.2) is 0 Å². The van der Waals surface area contributed by atoms with Gasteiger partial charge in [0.05, 0.1) is 0 Å². The Morgan fingerprint density at radius 2 is 1.75 bits per heavy atom. The number of benzene rings is 1. The number of hydrogen-bond acceptors (Lipinski definition) is 0. The summed E-state index contributed by atoms with van der Waals surface area (Å²) >= 11 is 2.47. The highest BCUT2D eigenvalue weighted by molar-refractivity contribution is 14.1. The summed E-state index contributed by atoms with van der Waals surface area (Å²) in [5.74, 6) is 1.45. The molecule has 0 radical (unpaired) electrons. The van der Waals surface area contributed by atoms with Gasteiger partial charge in [0, 0.05) is 4.43 Å². The summed E-state index contributed by atoms with van der Waals surface area (Å²) in [5.41, 5.74) is 1.47. The summed E-state index contributed by atoms with van der Waals surface area (Å²) < 4.78 is 1.21. The minimum absolute atomic E-state index is 0.715. The fourth-order valence-electron chi connectivity index (χ4n) is 1.35. The lowest BCUT2D eigenvalue weighted by Gasteiger charge is -2.18. The summed E-state index contributed by atoms with van der Waals surface area (Å²) in [4.78, 5) is 0. The predicted octanol–water partition coefficient (Wildman–Crippen LogP) is 3.86. The quantitative estimate of drug-likeness (QED) is 0.580. The van der Waals surface area contributed by atoms with Gasteiger partial charge in [-0.15, -0.1) is 0 Å². The highest BCUT2D eigenvalue weighted by atomic mass is 127. The molecule has 66 valence electrons. The fraction of sp³-hybridized carbons (Fsp3) is 0.455. The van der Waals surface area contributed by atoms with Crippen molar-refractivity contribution in [1.82, 2.24) is 0 Å². The molecule has 1 rings (SSSR count). The van der Waals surface area contributed by atoms with E-state index < -0.39 is 0 Å². The van der Waals surface area contributed by atoms with Crippen LogP contribution in [0.4, 0.5) is 0 Å². The first-order chi connectivity index (χ1) is 5.75. The molecule has 0 aliphatic heterocycles. The van der Waals surface area contributed by atoms with Gasteiger partial charge in [0.15, 0.2) is 0 Å². The number of rotatable bonds is 3. The van der Waals surface area contributed by atoms with Crippen LogP contribution in [0.3, 0.4) is 0 Å². The SMILES string of the molecule is CC(C)C(CI)c1ccccc1. The summed E-state index contributed by atoms with van der Waals surface area (Å²) in [5, 5.41) is 0. The Hall–Kier alpha value is -0.0500. The monoisotopic (exact) mass is 274 g/mol. The third-order valence-electron chi connectivity index (χ3n) is 2.20. The van der Waals surface area contributed by atoms with E-state index >= 15 is 0 Å². The molecule has 1 aromatic carbocycles. The lowest BCUT2D eigenvalue weighted by Crippen LogP contribution is -2.07. The van der Waals surface area contributed by atoms with Crippen molar-refractivity contribution in [3.63, 3.8) is 0 Å². The molecule has 0 saturated carbocycles. The van der Waals surface area contributed by atoms with Gasteiger partial charge in [0.2, 0.25) is 0 Å². The molecule has 0 aromatic heterocycles. The van der Waals surface area contributed by atoms with Crippen molar-refractivity contribution in [3.8, 4) is 0 Å². The van der Waals surface area contributed by atoms with E-state index in [1.165, 1.54) is 9.99 Å². The molecule has 0 fully saturated rings. The normalized spacial score (nSPS) is 13.3. The zero-order chi connectivity index (χ0) is 8.97. The smallest absolute Gasteiger partial charge is 0.00667 e. The second-order valence-electron chi connectivity index (χ2n) is 3.42. The fourth-order valence-corrected chi connectivity index (χ4v) is 2.88. The van der Waals surface area contributed by atoms with Crippen LogP contribution in [0, 0.1) is 5.92 Å². The molecule has 12 heavy (non-hydrogen) atoms. The highest BCUT2D eigenvalue weighted by Gasteiger charge is 2.12. The summed E-state index contributed by atoms with van der Waals surface area (Å²) in [6.45, 7) is 4.58. The minimum atomic E-state index is 0.715. The Bertz CT molecular complexity index is 216. The molecule has 0 nitrogen and oxygen atoms in total. The van der Waals surface area contributed by atoms with E-state index in [1.807, 2.05) is 0 Å². The van der Waals surface area contributed by atoms with Crippen molar-refractivity contribution < 1.29 is 0 Å². The van der Waals surface area contributed by atoms with E-state index in [2.05, 4.69) is 66.8 Å². The third kappa shape index (κ3) is 2.47. The maximum absolute atomic E-state index is 2.47. The van der Waals surface area contributed by atoms with Crippen molar-refractivity contribution >= 4 is 22.6 Å². The molecule has 0 bridgehead atoms. The minimum Gasteiger partial charge on any atom is -0.0857 e. The molecular weight excluding hydrogens is 259 g/mol. The van der Waals surface area contributed by atoms with Crippen LogP contribution in [0.25, 0.3) is 0 Å². The van der Waals surface area contributed by atoms with E-state index in [0.29, 0.717) is 5.92 Å². The average molecular weight is 274 g/mol. The van der Waals surface area contributed by atoms with Crippen molar-refractivity contribution in [2.45, 2.75) is 19.8 Å². The van der Waals surface area contributed by atoms with Crippen LogP contribution in [-0.4, -0.2) is 4.43 Å². The van der Waals surface area contributed by atoms with Gasteiger partial charge in [-0.05, 0) is 17.4 Å². The molecule has 1 unspecified atom stereocenters. The van der Waals surface area contributed by atoms with Gasteiger partial charge < -0.3 is 0 Å². The molecule has 0 saturated heterocycles. The van der Waals surface area contributed by atoms with E-state index in [0.717, 1.165) is 5.92 Å². The standard InChI is InChI=1S/C11H15I/c1-9(2)11(8-12)10-6-4-3-5-7-10/h3-7,9,11H,8H2,1-2H3. The van der Waals surface area contributed by atoms with Crippen LogP contribution in [0.15, 0.2) is 30.3 Å². The van der Waals surface area contributed by atoms with E-state index in [1.54, 1.807) is 0 Å². The summed E-state index contributed by atoms with van der Waals surface area (Å²) in [6.07, 6.45) is 0. The van der Waals surface area contributed by atoms with E-state index in [-0.39, 0.29) is 0 Å².